The average molecular weight is 294 g/mol. The maximum Gasteiger partial charge on any atom is 0.390 e. The van der Waals surface area contributed by atoms with E-state index in [1.807, 2.05) is 19.0 Å². The van der Waals surface area contributed by atoms with Crippen LogP contribution in [0.1, 0.15) is 18.2 Å². The zero-order valence-corrected chi connectivity index (χ0v) is 12.2. The van der Waals surface area contributed by atoms with Crippen molar-refractivity contribution in [3.05, 3.63) is 11.9 Å². The summed E-state index contributed by atoms with van der Waals surface area (Å²) in [4.78, 5) is 1.94. The van der Waals surface area contributed by atoms with Crippen molar-refractivity contribution < 1.29 is 17.9 Å². The fraction of sp³-hybridized carbons (Fsp3) is 0.750. The van der Waals surface area contributed by atoms with Gasteiger partial charge >= 0.3 is 6.18 Å². The second-order valence-corrected chi connectivity index (χ2v) is 4.79. The van der Waals surface area contributed by atoms with Gasteiger partial charge in [-0.15, -0.1) is 0 Å². The maximum absolute atomic E-state index is 12.6. The highest BCUT2D eigenvalue weighted by molar-refractivity contribution is 5.28. The number of aromatic nitrogens is 2. The lowest BCUT2D eigenvalue weighted by atomic mass is 10.1. The molecule has 1 unspecified atom stereocenters. The van der Waals surface area contributed by atoms with Gasteiger partial charge in [-0.3, -0.25) is 4.68 Å². The van der Waals surface area contributed by atoms with Gasteiger partial charge in [-0.2, -0.15) is 18.3 Å². The highest BCUT2D eigenvalue weighted by Gasteiger charge is 2.35. The molecule has 1 heterocycles. The minimum Gasteiger partial charge on any atom is -0.493 e. The molecule has 5 nitrogen and oxygen atoms in total. The van der Waals surface area contributed by atoms with Crippen LogP contribution in [0.5, 0.6) is 5.75 Å². The highest BCUT2D eigenvalue weighted by atomic mass is 19.4. The summed E-state index contributed by atoms with van der Waals surface area (Å²) < 4.78 is 44.6. The summed E-state index contributed by atoms with van der Waals surface area (Å²) in [6.45, 7) is 1.18. The molecule has 0 bridgehead atoms. The Labute approximate surface area is 116 Å². The van der Waals surface area contributed by atoms with Gasteiger partial charge in [0, 0.05) is 6.54 Å². The summed E-state index contributed by atoms with van der Waals surface area (Å²) in [6.07, 6.45) is -3.77. The average Bonchev–Trinajstić information content (AvgIpc) is 2.75. The van der Waals surface area contributed by atoms with Crippen LogP contribution in [-0.2, 0) is 6.54 Å². The molecule has 1 rings (SSSR count). The molecule has 1 aromatic heterocycles. The van der Waals surface area contributed by atoms with Crippen molar-refractivity contribution >= 4 is 0 Å². The predicted octanol–water partition coefficient (Wildman–Crippen LogP) is 1.67. The molecule has 1 aromatic rings. The maximum atomic E-state index is 12.6. The summed E-state index contributed by atoms with van der Waals surface area (Å²) in [7, 11) is 6.72. The summed E-state index contributed by atoms with van der Waals surface area (Å²) >= 11 is 0. The van der Waals surface area contributed by atoms with Crippen LogP contribution in [0.4, 0.5) is 13.2 Å². The Bertz CT molecular complexity index is 417. The first-order valence-electron chi connectivity index (χ1n) is 6.27. The van der Waals surface area contributed by atoms with E-state index in [0.717, 1.165) is 0 Å². The molecule has 0 aliphatic carbocycles. The van der Waals surface area contributed by atoms with E-state index in [1.54, 1.807) is 4.68 Å². The Balaban J connectivity index is 3.01. The number of nitrogens with zero attached hydrogens (tertiary/aromatic N) is 3. The summed E-state index contributed by atoms with van der Waals surface area (Å²) in [5.74, 6) is 0.368. The number of methoxy groups -OCH3 is 1. The minimum atomic E-state index is -4.25. The molecule has 8 heteroatoms. The van der Waals surface area contributed by atoms with E-state index < -0.39 is 18.6 Å². The fourth-order valence-corrected chi connectivity index (χ4v) is 1.93. The largest absolute Gasteiger partial charge is 0.493 e. The molecule has 0 aromatic carbocycles. The Morgan fingerprint density at radius 2 is 2.10 bits per heavy atom. The number of hydrogen-bond acceptors (Lipinski definition) is 4. The van der Waals surface area contributed by atoms with Crippen LogP contribution in [0.15, 0.2) is 6.20 Å². The van der Waals surface area contributed by atoms with Gasteiger partial charge in [0.25, 0.3) is 0 Å². The molecule has 1 atom stereocenters. The molecule has 0 aliphatic rings. The van der Waals surface area contributed by atoms with Gasteiger partial charge in [0.1, 0.15) is 0 Å². The molecule has 0 fully saturated rings. The van der Waals surface area contributed by atoms with Crippen molar-refractivity contribution in [1.29, 1.82) is 0 Å². The molecule has 116 valence electrons. The molecular weight excluding hydrogens is 273 g/mol. The van der Waals surface area contributed by atoms with Crippen molar-refractivity contribution in [3.63, 3.8) is 0 Å². The second kappa shape index (κ2) is 6.94. The van der Waals surface area contributed by atoms with Crippen molar-refractivity contribution in [2.75, 3.05) is 34.8 Å². The number of halogens is 3. The molecule has 0 amide bonds. The van der Waals surface area contributed by atoms with Crippen molar-refractivity contribution in [2.45, 2.75) is 25.2 Å². The van der Waals surface area contributed by atoms with Crippen molar-refractivity contribution in [2.24, 2.45) is 0 Å². The second-order valence-electron chi connectivity index (χ2n) is 4.79. The van der Waals surface area contributed by atoms with Crippen LogP contribution in [-0.4, -0.2) is 55.7 Å². The third-order valence-corrected chi connectivity index (χ3v) is 2.94. The quantitative estimate of drug-likeness (QED) is 0.830. The molecule has 0 spiro atoms. The van der Waals surface area contributed by atoms with E-state index in [1.165, 1.54) is 20.4 Å². The van der Waals surface area contributed by atoms with E-state index in [-0.39, 0.29) is 0 Å². The summed E-state index contributed by atoms with van der Waals surface area (Å²) in [5, 5.41) is 6.80. The van der Waals surface area contributed by atoms with Crippen LogP contribution in [0.2, 0.25) is 0 Å². The fourth-order valence-electron chi connectivity index (χ4n) is 1.93. The monoisotopic (exact) mass is 294 g/mol. The summed E-state index contributed by atoms with van der Waals surface area (Å²) in [5.41, 5.74) is 0.425. The highest BCUT2D eigenvalue weighted by Crippen LogP contribution is 2.33. The Kier molecular flexibility index (Phi) is 5.82. The standard InChI is InChI=1S/C12H21F3N4O/c1-16-9(7-12(13,14)15)11-10(20-4)8-17-19(11)6-5-18(2)3/h8-9,16H,5-7H2,1-4H3. The van der Waals surface area contributed by atoms with Crippen molar-refractivity contribution in [1.82, 2.24) is 20.0 Å². The van der Waals surface area contributed by atoms with Crippen LogP contribution >= 0.6 is 0 Å². The van der Waals surface area contributed by atoms with E-state index >= 15 is 0 Å². The van der Waals surface area contributed by atoms with Gasteiger partial charge in [0.15, 0.2) is 5.75 Å². The summed E-state index contributed by atoms with van der Waals surface area (Å²) in [6, 6.07) is -0.880. The van der Waals surface area contributed by atoms with E-state index in [2.05, 4.69) is 10.4 Å². The lowest BCUT2D eigenvalue weighted by Crippen LogP contribution is -2.28. The number of hydrogen-bond donors (Lipinski definition) is 1. The zero-order valence-electron chi connectivity index (χ0n) is 12.2. The lowest BCUT2D eigenvalue weighted by Gasteiger charge is -2.21. The van der Waals surface area contributed by atoms with E-state index in [4.69, 9.17) is 4.74 Å². The Morgan fingerprint density at radius 1 is 1.45 bits per heavy atom. The number of nitrogens with one attached hydrogen (secondary N) is 1. The molecule has 20 heavy (non-hydrogen) atoms. The van der Waals surface area contributed by atoms with E-state index in [9.17, 15) is 13.2 Å². The van der Waals surface area contributed by atoms with Crippen LogP contribution in [0.3, 0.4) is 0 Å². The topological polar surface area (TPSA) is 42.3 Å². The first-order chi connectivity index (χ1) is 9.28. The number of alkyl halides is 3. The SMILES string of the molecule is CNC(CC(F)(F)F)c1c(OC)cnn1CCN(C)C. The van der Waals surface area contributed by atoms with Gasteiger partial charge in [0.2, 0.25) is 0 Å². The van der Waals surface area contributed by atoms with Gasteiger partial charge in [-0.05, 0) is 21.1 Å². The normalized spacial score (nSPS) is 13.8. The Morgan fingerprint density at radius 3 is 2.55 bits per heavy atom. The van der Waals surface area contributed by atoms with Crippen molar-refractivity contribution in [3.8, 4) is 5.75 Å². The lowest BCUT2D eigenvalue weighted by molar-refractivity contribution is -0.140. The number of rotatable bonds is 7. The third-order valence-electron chi connectivity index (χ3n) is 2.94. The van der Waals surface area contributed by atoms with Gasteiger partial charge in [0.05, 0.1) is 38.0 Å². The van der Waals surface area contributed by atoms with Crippen LogP contribution in [0, 0.1) is 0 Å². The van der Waals surface area contributed by atoms with Gasteiger partial charge in [-0.1, -0.05) is 0 Å². The molecule has 1 N–H and O–H groups in total. The number of likely N-dealkylation sites (N-methyl/N-ethyl adjacent to an activating group) is 1. The van der Waals surface area contributed by atoms with E-state index in [0.29, 0.717) is 24.5 Å². The zero-order chi connectivity index (χ0) is 15.3. The predicted molar refractivity (Wildman–Crippen MR) is 69.8 cm³/mol. The first kappa shape index (κ1) is 16.8. The molecule has 0 radical (unpaired) electrons. The van der Waals surface area contributed by atoms with Gasteiger partial charge < -0.3 is 15.0 Å². The Hall–Kier alpha value is -1.28. The van der Waals surface area contributed by atoms with Crippen LogP contribution in [0.25, 0.3) is 0 Å². The molecule has 0 aliphatic heterocycles. The van der Waals surface area contributed by atoms with Crippen LogP contribution < -0.4 is 10.1 Å². The molecule has 0 saturated heterocycles. The smallest absolute Gasteiger partial charge is 0.390 e. The first-order valence-corrected chi connectivity index (χ1v) is 6.27. The molecule has 0 saturated carbocycles. The van der Waals surface area contributed by atoms with Gasteiger partial charge in [-0.25, -0.2) is 0 Å². The third kappa shape index (κ3) is 4.68. The molecular formula is C12H21F3N4O. The minimum absolute atomic E-state index is 0.368. The number of ether oxygens (including phenoxy) is 1.